The van der Waals surface area contributed by atoms with Crippen molar-refractivity contribution in [2.24, 2.45) is 5.41 Å². The minimum atomic E-state index is 0.345. The summed E-state index contributed by atoms with van der Waals surface area (Å²) in [4.78, 5) is 0. The minimum Gasteiger partial charge on any atom is -0.188 e. The Kier molecular flexibility index (Phi) is 4.01. The van der Waals surface area contributed by atoms with Crippen LogP contribution in [0.1, 0.15) is 27.2 Å². The van der Waals surface area contributed by atoms with Crippen molar-refractivity contribution in [1.82, 2.24) is 20.2 Å². The van der Waals surface area contributed by atoms with Crippen LogP contribution in [-0.2, 0) is 0 Å². The summed E-state index contributed by atoms with van der Waals surface area (Å²) in [6.45, 7) is 6.73. The highest BCUT2D eigenvalue weighted by Gasteiger charge is 2.13. The first-order valence-electron chi connectivity index (χ1n) is 6.03. The smallest absolute Gasteiger partial charge is 0.188 e. The zero-order valence-electron chi connectivity index (χ0n) is 11.0. The van der Waals surface area contributed by atoms with E-state index in [2.05, 4.69) is 36.3 Å². The molecule has 0 saturated carbocycles. The normalized spacial score (nSPS) is 11.7. The Morgan fingerprint density at radius 1 is 1.17 bits per heavy atom. The van der Waals surface area contributed by atoms with Gasteiger partial charge in [-0.3, -0.25) is 0 Å². The van der Waals surface area contributed by atoms with E-state index in [0.717, 1.165) is 23.0 Å². The van der Waals surface area contributed by atoms with E-state index in [9.17, 15) is 0 Å². The fraction of sp³-hybridized carbons (Fsp3) is 0.462. The Hall–Kier alpha value is -1.36. The highest BCUT2D eigenvalue weighted by molar-refractivity contribution is 7.99. The second-order valence-electron chi connectivity index (χ2n) is 5.37. The van der Waals surface area contributed by atoms with Crippen molar-refractivity contribution in [3.05, 3.63) is 30.3 Å². The molecule has 0 aliphatic carbocycles. The first-order chi connectivity index (χ1) is 8.56. The fourth-order valence-corrected chi connectivity index (χ4v) is 2.70. The SMILES string of the molecule is CC(C)(C)CCSc1nnnn1-c1ccccc1. The largest absolute Gasteiger partial charge is 0.214 e. The van der Waals surface area contributed by atoms with E-state index in [-0.39, 0.29) is 0 Å². The molecule has 18 heavy (non-hydrogen) atoms. The Morgan fingerprint density at radius 2 is 1.89 bits per heavy atom. The molecular formula is C13H18N4S. The quantitative estimate of drug-likeness (QED) is 0.794. The molecule has 2 rings (SSSR count). The first-order valence-corrected chi connectivity index (χ1v) is 7.01. The van der Waals surface area contributed by atoms with E-state index in [1.54, 1.807) is 16.4 Å². The van der Waals surface area contributed by atoms with Crippen LogP contribution in [0.5, 0.6) is 0 Å². The molecule has 4 nitrogen and oxygen atoms in total. The number of rotatable bonds is 4. The third-order valence-corrected chi connectivity index (χ3v) is 3.45. The average molecular weight is 262 g/mol. The molecule has 5 heteroatoms. The molecule has 1 heterocycles. The zero-order valence-corrected chi connectivity index (χ0v) is 11.8. The van der Waals surface area contributed by atoms with Crippen LogP contribution < -0.4 is 0 Å². The Labute approximate surface area is 112 Å². The van der Waals surface area contributed by atoms with Gasteiger partial charge in [-0.25, -0.2) is 0 Å². The van der Waals surface area contributed by atoms with Crippen LogP contribution in [-0.4, -0.2) is 26.0 Å². The summed E-state index contributed by atoms with van der Waals surface area (Å²) < 4.78 is 1.79. The average Bonchev–Trinajstić information content (AvgIpc) is 2.77. The predicted molar refractivity (Wildman–Crippen MR) is 74.0 cm³/mol. The van der Waals surface area contributed by atoms with Crippen molar-refractivity contribution in [2.75, 3.05) is 5.75 Å². The van der Waals surface area contributed by atoms with Crippen LogP contribution >= 0.6 is 11.8 Å². The van der Waals surface area contributed by atoms with Crippen LogP contribution in [0.25, 0.3) is 5.69 Å². The van der Waals surface area contributed by atoms with Crippen LogP contribution in [0, 0.1) is 5.41 Å². The highest BCUT2D eigenvalue weighted by Crippen LogP contribution is 2.25. The number of tetrazole rings is 1. The lowest BCUT2D eigenvalue weighted by Gasteiger charge is -2.16. The molecule has 2 aromatic rings. The summed E-state index contributed by atoms with van der Waals surface area (Å²) in [6.07, 6.45) is 1.14. The van der Waals surface area contributed by atoms with Crippen molar-refractivity contribution in [3.8, 4) is 5.69 Å². The molecule has 0 amide bonds. The molecule has 0 aliphatic heterocycles. The van der Waals surface area contributed by atoms with Crippen LogP contribution in [0.2, 0.25) is 0 Å². The lowest BCUT2D eigenvalue weighted by Crippen LogP contribution is -2.06. The number of benzene rings is 1. The Morgan fingerprint density at radius 3 is 2.56 bits per heavy atom. The van der Waals surface area contributed by atoms with E-state index in [0.29, 0.717) is 5.41 Å². The number of hydrogen-bond donors (Lipinski definition) is 0. The number of hydrogen-bond acceptors (Lipinski definition) is 4. The van der Waals surface area contributed by atoms with Gasteiger partial charge in [-0.1, -0.05) is 50.7 Å². The van der Waals surface area contributed by atoms with Gasteiger partial charge in [0.1, 0.15) is 0 Å². The van der Waals surface area contributed by atoms with Gasteiger partial charge in [0.05, 0.1) is 5.69 Å². The van der Waals surface area contributed by atoms with Gasteiger partial charge in [-0.15, -0.1) is 5.10 Å². The van der Waals surface area contributed by atoms with E-state index in [4.69, 9.17) is 0 Å². The molecule has 0 spiro atoms. The molecule has 0 fully saturated rings. The third kappa shape index (κ3) is 3.57. The fourth-order valence-electron chi connectivity index (χ4n) is 1.45. The van der Waals surface area contributed by atoms with Gasteiger partial charge in [0.2, 0.25) is 5.16 Å². The molecule has 1 aromatic heterocycles. The maximum Gasteiger partial charge on any atom is 0.214 e. The minimum absolute atomic E-state index is 0.345. The maximum absolute atomic E-state index is 4.08. The molecule has 0 bridgehead atoms. The molecule has 0 unspecified atom stereocenters. The van der Waals surface area contributed by atoms with E-state index < -0.39 is 0 Å². The number of thioether (sulfide) groups is 1. The van der Waals surface area contributed by atoms with E-state index >= 15 is 0 Å². The number of nitrogens with zero attached hydrogens (tertiary/aromatic N) is 4. The van der Waals surface area contributed by atoms with Crippen molar-refractivity contribution >= 4 is 11.8 Å². The molecule has 0 N–H and O–H groups in total. The summed E-state index contributed by atoms with van der Waals surface area (Å²) in [5.74, 6) is 1.02. The van der Waals surface area contributed by atoms with Crippen molar-refractivity contribution in [3.63, 3.8) is 0 Å². The Balaban J connectivity index is 2.05. The van der Waals surface area contributed by atoms with Crippen molar-refractivity contribution < 1.29 is 0 Å². The summed E-state index contributed by atoms with van der Waals surface area (Å²) in [5, 5.41) is 12.7. The lowest BCUT2D eigenvalue weighted by atomic mass is 9.94. The number of para-hydroxylation sites is 1. The van der Waals surface area contributed by atoms with Gasteiger partial charge < -0.3 is 0 Å². The van der Waals surface area contributed by atoms with Crippen LogP contribution in [0.15, 0.2) is 35.5 Å². The summed E-state index contributed by atoms with van der Waals surface area (Å²) in [5.41, 5.74) is 1.35. The van der Waals surface area contributed by atoms with Gasteiger partial charge in [0, 0.05) is 5.75 Å². The van der Waals surface area contributed by atoms with Gasteiger partial charge >= 0.3 is 0 Å². The van der Waals surface area contributed by atoms with Gasteiger partial charge in [0.15, 0.2) is 0 Å². The Bertz CT molecular complexity index is 487. The molecule has 0 aliphatic rings. The maximum atomic E-state index is 4.08. The van der Waals surface area contributed by atoms with Crippen molar-refractivity contribution in [2.45, 2.75) is 32.3 Å². The summed E-state index contributed by atoms with van der Waals surface area (Å²) >= 11 is 1.70. The lowest BCUT2D eigenvalue weighted by molar-refractivity contribution is 0.401. The van der Waals surface area contributed by atoms with E-state index in [1.807, 2.05) is 30.3 Å². The standard InChI is InChI=1S/C13H18N4S/c1-13(2,3)9-10-18-12-14-15-16-17(12)11-7-5-4-6-8-11/h4-8H,9-10H2,1-3H3. The molecule has 0 radical (unpaired) electrons. The molecular weight excluding hydrogens is 244 g/mol. The van der Waals surface area contributed by atoms with Gasteiger partial charge in [-0.05, 0) is 34.4 Å². The number of aromatic nitrogens is 4. The highest BCUT2D eigenvalue weighted by atomic mass is 32.2. The van der Waals surface area contributed by atoms with Gasteiger partial charge in [0.25, 0.3) is 0 Å². The second kappa shape index (κ2) is 5.52. The van der Waals surface area contributed by atoms with E-state index in [1.165, 1.54) is 0 Å². The monoisotopic (exact) mass is 262 g/mol. The second-order valence-corrected chi connectivity index (χ2v) is 6.43. The van der Waals surface area contributed by atoms with Crippen LogP contribution in [0.4, 0.5) is 0 Å². The third-order valence-electron chi connectivity index (χ3n) is 2.52. The topological polar surface area (TPSA) is 43.6 Å². The summed E-state index contributed by atoms with van der Waals surface area (Å²) in [6, 6.07) is 9.97. The molecule has 0 saturated heterocycles. The van der Waals surface area contributed by atoms with Gasteiger partial charge in [-0.2, -0.15) is 4.68 Å². The summed E-state index contributed by atoms with van der Waals surface area (Å²) in [7, 11) is 0. The van der Waals surface area contributed by atoms with Crippen molar-refractivity contribution in [1.29, 1.82) is 0 Å². The van der Waals surface area contributed by atoms with Crippen LogP contribution in [0.3, 0.4) is 0 Å². The molecule has 96 valence electrons. The predicted octanol–water partition coefficient (Wildman–Crippen LogP) is 3.19. The molecule has 1 aromatic carbocycles. The first kappa shape index (κ1) is 13.1. The molecule has 0 atom stereocenters. The zero-order chi connectivity index (χ0) is 13.0.